The number of hydrazine groups is 1. The number of hydrogen-bond acceptors (Lipinski definition) is 7. The van der Waals surface area contributed by atoms with Crippen molar-refractivity contribution >= 4 is 29.0 Å². The van der Waals surface area contributed by atoms with E-state index in [1.807, 2.05) is 25.1 Å². The first-order valence-corrected chi connectivity index (χ1v) is 7.55. The van der Waals surface area contributed by atoms with Crippen molar-refractivity contribution in [1.82, 2.24) is 20.4 Å². The van der Waals surface area contributed by atoms with E-state index in [0.717, 1.165) is 5.56 Å². The second-order valence-corrected chi connectivity index (χ2v) is 5.22. The molecule has 1 amide bonds. The molecule has 5 N–H and O–H groups in total. The van der Waals surface area contributed by atoms with E-state index in [0.29, 0.717) is 17.2 Å². The Bertz CT molecular complexity index is 883. The lowest BCUT2D eigenvalue weighted by molar-refractivity contribution is 0.0962. The van der Waals surface area contributed by atoms with Crippen LogP contribution in [0.3, 0.4) is 0 Å². The van der Waals surface area contributed by atoms with Crippen molar-refractivity contribution in [2.45, 2.75) is 6.92 Å². The molecule has 8 nitrogen and oxygen atoms in total. The minimum atomic E-state index is -0.298. The fraction of sp³-hybridized carbons (Fsp3) is 0.0588. The van der Waals surface area contributed by atoms with Gasteiger partial charge >= 0.3 is 0 Å². The molecule has 8 heteroatoms. The normalized spacial score (nSPS) is 10.1. The van der Waals surface area contributed by atoms with Crippen LogP contribution in [-0.4, -0.2) is 20.9 Å². The van der Waals surface area contributed by atoms with Crippen LogP contribution >= 0.6 is 0 Å². The van der Waals surface area contributed by atoms with Gasteiger partial charge in [-0.1, -0.05) is 24.3 Å². The van der Waals surface area contributed by atoms with E-state index >= 15 is 0 Å². The Morgan fingerprint density at radius 2 is 1.72 bits per heavy atom. The van der Waals surface area contributed by atoms with Crippen molar-refractivity contribution in [3.8, 4) is 0 Å². The molecule has 0 aliphatic carbocycles. The Balaban J connectivity index is 1.73. The number of nitrogen functional groups attached to an aromatic ring is 1. The van der Waals surface area contributed by atoms with Crippen molar-refractivity contribution in [3.05, 3.63) is 66.1 Å². The molecular weight excluding hydrogens is 318 g/mol. The predicted molar refractivity (Wildman–Crippen MR) is 96.2 cm³/mol. The zero-order valence-corrected chi connectivity index (χ0v) is 13.5. The quantitative estimate of drug-likeness (QED) is 0.528. The maximum Gasteiger partial charge on any atom is 0.269 e. The Hall–Kier alpha value is -3.68. The fourth-order valence-corrected chi connectivity index (χ4v) is 2.10. The highest BCUT2D eigenvalue weighted by Crippen LogP contribution is 2.25. The first kappa shape index (κ1) is 16.2. The summed E-state index contributed by atoms with van der Waals surface area (Å²) in [5.41, 5.74) is 13.1. The Kier molecular flexibility index (Phi) is 4.70. The molecule has 3 aromatic rings. The number of benzene rings is 1. The van der Waals surface area contributed by atoms with Crippen LogP contribution in [0.1, 0.15) is 15.9 Å². The fourth-order valence-electron chi connectivity index (χ4n) is 2.10. The zero-order chi connectivity index (χ0) is 17.6. The SMILES string of the molecule is Cc1cccnc1Nc1ncnc(NNC(=O)c2ccccc2)c1N. The minimum absolute atomic E-state index is 0.265. The van der Waals surface area contributed by atoms with Crippen LogP contribution in [0.5, 0.6) is 0 Å². The van der Waals surface area contributed by atoms with E-state index in [4.69, 9.17) is 5.73 Å². The monoisotopic (exact) mass is 335 g/mol. The van der Waals surface area contributed by atoms with Crippen LogP contribution in [0.25, 0.3) is 0 Å². The average Bonchev–Trinajstić information content (AvgIpc) is 2.64. The van der Waals surface area contributed by atoms with E-state index in [1.54, 1.807) is 30.5 Å². The molecule has 2 heterocycles. The number of aryl methyl sites for hydroxylation is 1. The summed E-state index contributed by atoms with van der Waals surface area (Å²) in [6, 6.07) is 12.6. The number of nitrogens with two attached hydrogens (primary N) is 1. The molecule has 0 saturated carbocycles. The Morgan fingerprint density at radius 1 is 0.960 bits per heavy atom. The number of pyridine rings is 1. The molecular formula is C17H17N7O. The molecule has 126 valence electrons. The largest absolute Gasteiger partial charge is 0.393 e. The molecule has 0 aliphatic rings. The third-order valence-electron chi connectivity index (χ3n) is 3.46. The molecule has 0 bridgehead atoms. The first-order valence-electron chi connectivity index (χ1n) is 7.55. The summed E-state index contributed by atoms with van der Waals surface area (Å²) < 4.78 is 0. The van der Waals surface area contributed by atoms with Gasteiger partial charge in [0.2, 0.25) is 0 Å². The van der Waals surface area contributed by atoms with Gasteiger partial charge in [0.1, 0.15) is 17.8 Å². The molecule has 1 aromatic carbocycles. The molecule has 0 fully saturated rings. The highest BCUT2D eigenvalue weighted by molar-refractivity contribution is 5.95. The van der Waals surface area contributed by atoms with E-state index in [1.165, 1.54) is 6.33 Å². The van der Waals surface area contributed by atoms with Crippen LogP contribution in [0, 0.1) is 6.92 Å². The van der Waals surface area contributed by atoms with Crippen molar-refractivity contribution in [1.29, 1.82) is 0 Å². The van der Waals surface area contributed by atoms with Gasteiger partial charge in [-0.15, -0.1) is 0 Å². The van der Waals surface area contributed by atoms with Gasteiger partial charge < -0.3 is 11.1 Å². The molecule has 2 aromatic heterocycles. The number of nitrogens with one attached hydrogen (secondary N) is 3. The van der Waals surface area contributed by atoms with Crippen molar-refractivity contribution < 1.29 is 4.79 Å². The number of amides is 1. The molecule has 0 radical (unpaired) electrons. The summed E-state index contributed by atoms with van der Waals surface area (Å²) in [7, 11) is 0. The molecule has 25 heavy (non-hydrogen) atoms. The van der Waals surface area contributed by atoms with Crippen molar-refractivity contribution in [2.24, 2.45) is 0 Å². The first-order chi connectivity index (χ1) is 12.1. The number of hydrogen-bond donors (Lipinski definition) is 4. The van der Waals surface area contributed by atoms with E-state index < -0.39 is 0 Å². The van der Waals surface area contributed by atoms with Gasteiger partial charge in [0, 0.05) is 11.8 Å². The smallest absolute Gasteiger partial charge is 0.269 e. The number of aromatic nitrogens is 3. The number of rotatable bonds is 5. The minimum Gasteiger partial charge on any atom is -0.393 e. The number of anilines is 4. The maximum atomic E-state index is 12.1. The van der Waals surface area contributed by atoms with Gasteiger partial charge in [0.25, 0.3) is 5.91 Å². The number of carbonyl (C=O) groups excluding carboxylic acids is 1. The maximum absolute atomic E-state index is 12.1. The van der Waals surface area contributed by atoms with Crippen LogP contribution in [0.2, 0.25) is 0 Å². The summed E-state index contributed by atoms with van der Waals surface area (Å²) in [6.45, 7) is 1.92. The third kappa shape index (κ3) is 3.81. The van der Waals surface area contributed by atoms with Crippen LogP contribution < -0.4 is 21.9 Å². The van der Waals surface area contributed by atoms with Gasteiger partial charge in [-0.3, -0.25) is 15.6 Å². The Labute approximate surface area is 144 Å². The zero-order valence-electron chi connectivity index (χ0n) is 13.5. The summed E-state index contributed by atoms with van der Waals surface area (Å²) in [5.74, 6) is 1.03. The van der Waals surface area contributed by atoms with Crippen LogP contribution in [0.15, 0.2) is 55.0 Å². The third-order valence-corrected chi connectivity index (χ3v) is 3.46. The van der Waals surface area contributed by atoms with Gasteiger partial charge in [-0.05, 0) is 30.7 Å². The lowest BCUT2D eigenvalue weighted by Gasteiger charge is -2.13. The summed E-state index contributed by atoms with van der Waals surface area (Å²) in [4.78, 5) is 24.5. The Morgan fingerprint density at radius 3 is 2.48 bits per heavy atom. The molecule has 0 aliphatic heterocycles. The van der Waals surface area contributed by atoms with Crippen LogP contribution in [-0.2, 0) is 0 Å². The molecule has 0 saturated heterocycles. The molecule has 0 atom stereocenters. The van der Waals surface area contributed by atoms with Crippen molar-refractivity contribution in [2.75, 3.05) is 16.5 Å². The summed E-state index contributed by atoms with van der Waals surface area (Å²) >= 11 is 0. The highest BCUT2D eigenvalue weighted by Gasteiger charge is 2.11. The average molecular weight is 335 g/mol. The highest BCUT2D eigenvalue weighted by atomic mass is 16.2. The van der Waals surface area contributed by atoms with Crippen LogP contribution in [0.4, 0.5) is 23.1 Å². The van der Waals surface area contributed by atoms with E-state index in [9.17, 15) is 4.79 Å². The molecule has 0 spiro atoms. The van der Waals surface area contributed by atoms with Crippen molar-refractivity contribution in [3.63, 3.8) is 0 Å². The van der Waals surface area contributed by atoms with Gasteiger partial charge in [0.15, 0.2) is 11.6 Å². The van der Waals surface area contributed by atoms with Gasteiger partial charge in [0.05, 0.1) is 0 Å². The second-order valence-electron chi connectivity index (χ2n) is 5.22. The standard InChI is InChI=1S/C17H17N7O/c1-11-6-5-9-19-14(11)22-15-13(18)16(21-10-20-15)23-24-17(25)12-7-3-2-4-8-12/h2-10H,18H2,1H3,(H,24,25)(H2,19,20,21,22,23). The lowest BCUT2D eigenvalue weighted by atomic mass is 10.2. The van der Waals surface area contributed by atoms with Gasteiger partial charge in [-0.25, -0.2) is 15.0 Å². The number of carbonyl (C=O) groups is 1. The lowest BCUT2D eigenvalue weighted by Crippen LogP contribution is -2.30. The topological polar surface area (TPSA) is 118 Å². The van der Waals surface area contributed by atoms with Gasteiger partial charge in [-0.2, -0.15) is 0 Å². The predicted octanol–water partition coefficient (Wildman–Crippen LogP) is 2.26. The summed E-state index contributed by atoms with van der Waals surface area (Å²) in [5, 5.41) is 3.06. The van der Waals surface area contributed by atoms with E-state index in [-0.39, 0.29) is 17.4 Å². The second kappa shape index (κ2) is 7.26. The summed E-state index contributed by atoms with van der Waals surface area (Å²) in [6.07, 6.45) is 3.01. The van der Waals surface area contributed by atoms with E-state index in [2.05, 4.69) is 31.1 Å². The molecule has 0 unspecified atom stereocenters. The molecule has 3 rings (SSSR count). The number of nitrogens with zero attached hydrogens (tertiary/aromatic N) is 3.